The SMILES string of the molecule is CCN(C(=O)C1CC2C=CC1C2)C1CC(=O)NC1=O. The topological polar surface area (TPSA) is 66.5 Å². The normalized spacial score (nSPS) is 35.8. The Balaban J connectivity index is 1.75. The van der Waals surface area contributed by atoms with Gasteiger partial charge in [-0.05, 0) is 31.6 Å². The van der Waals surface area contributed by atoms with Crippen molar-refractivity contribution in [3.05, 3.63) is 12.2 Å². The molecule has 0 aromatic carbocycles. The van der Waals surface area contributed by atoms with E-state index in [0.29, 0.717) is 18.4 Å². The van der Waals surface area contributed by atoms with Crippen LogP contribution in [0.1, 0.15) is 26.2 Å². The summed E-state index contributed by atoms with van der Waals surface area (Å²) in [5, 5.41) is 2.28. The molecule has 1 heterocycles. The molecule has 2 aliphatic carbocycles. The first-order valence-corrected chi connectivity index (χ1v) is 6.92. The molecule has 1 aliphatic heterocycles. The van der Waals surface area contributed by atoms with Crippen LogP contribution in [-0.2, 0) is 14.4 Å². The lowest BCUT2D eigenvalue weighted by molar-refractivity contribution is -0.142. The first kappa shape index (κ1) is 12.4. The molecule has 0 spiro atoms. The van der Waals surface area contributed by atoms with Crippen LogP contribution >= 0.6 is 0 Å². The van der Waals surface area contributed by atoms with Gasteiger partial charge in [0.05, 0.1) is 6.42 Å². The third kappa shape index (κ3) is 1.97. The number of nitrogens with one attached hydrogen (secondary N) is 1. The van der Waals surface area contributed by atoms with E-state index in [0.717, 1.165) is 12.8 Å². The third-order valence-corrected chi connectivity index (χ3v) is 4.54. The van der Waals surface area contributed by atoms with Crippen LogP contribution in [0, 0.1) is 17.8 Å². The number of likely N-dealkylation sites (N-methyl/N-ethyl adjacent to an activating group) is 1. The van der Waals surface area contributed by atoms with Gasteiger partial charge in [0.25, 0.3) is 0 Å². The van der Waals surface area contributed by atoms with Crippen LogP contribution in [0.4, 0.5) is 0 Å². The van der Waals surface area contributed by atoms with Gasteiger partial charge in [0.1, 0.15) is 6.04 Å². The number of allylic oxidation sites excluding steroid dienone is 2. The summed E-state index contributed by atoms with van der Waals surface area (Å²) in [5.41, 5.74) is 0. The van der Waals surface area contributed by atoms with Crippen molar-refractivity contribution in [2.75, 3.05) is 6.54 Å². The monoisotopic (exact) mass is 262 g/mol. The average Bonchev–Trinajstić information content (AvgIpc) is 3.06. The van der Waals surface area contributed by atoms with Gasteiger partial charge in [-0.1, -0.05) is 12.2 Å². The second-order valence-electron chi connectivity index (χ2n) is 5.64. The second-order valence-corrected chi connectivity index (χ2v) is 5.64. The number of carbonyl (C=O) groups excluding carboxylic acids is 3. The third-order valence-electron chi connectivity index (χ3n) is 4.54. The number of rotatable bonds is 3. The summed E-state index contributed by atoms with van der Waals surface area (Å²) < 4.78 is 0. The van der Waals surface area contributed by atoms with E-state index in [9.17, 15) is 14.4 Å². The molecule has 4 atom stereocenters. The zero-order valence-electron chi connectivity index (χ0n) is 11.0. The van der Waals surface area contributed by atoms with Crippen molar-refractivity contribution in [3.8, 4) is 0 Å². The Morgan fingerprint density at radius 3 is 2.63 bits per heavy atom. The molecular weight excluding hydrogens is 244 g/mol. The highest BCUT2D eigenvalue weighted by atomic mass is 16.2. The Morgan fingerprint density at radius 2 is 2.16 bits per heavy atom. The van der Waals surface area contributed by atoms with E-state index >= 15 is 0 Å². The van der Waals surface area contributed by atoms with Crippen LogP contribution in [0.3, 0.4) is 0 Å². The van der Waals surface area contributed by atoms with Crippen LogP contribution in [-0.4, -0.2) is 35.2 Å². The van der Waals surface area contributed by atoms with E-state index in [1.807, 2.05) is 6.92 Å². The number of amides is 3. The van der Waals surface area contributed by atoms with Crippen molar-refractivity contribution in [1.82, 2.24) is 10.2 Å². The summed E-state index contributed by atoms with van der Waals surface area (Å²) in [6.07, 6.45) is 6.37. The van der Waals surface area contributed by atoms with Gasteiger partial charge in [-0.3, -0.25) is 19.7 Å². The van der Waals surface area contributed by atoms with Gasteiger partial charge in [-0.2, -0.15) is 0 Å². The van der Waals surface area contributed by atoms with Crippen molar-refractivity contribution >= 4 is 17.7 Å². The van der Waals surface area contributed by atoms with Crippen molar-refractivity contribution < 1.29 is 14.4 Å². The van der Waals surface area contributed by atoms with E-state index in [4.69, 9.17) is 0 Å². The Bertz CT molecular complexity index is 471. The van der Waals surface area contributed by atoms with Crippen molar-refractivity contribution in [3.63, 3.8) is 0 Å². The Kier molecular flexibility index (Phi) is 2.92. The van der Waals surface area contributed by atoms with E-state index < -0.39 is 6.04 Å². The quantitative estimate of drug-likeness (QED) is 0.593. The highest BCUT2D eigenvalue weighted by Crippen LogP contribution is 2.44. The molecule has 5 heteroatoms. The van der Waals surface area contributed by atoms with E-state index in [1.54, 1.807) is 4.90 Å². The van der Waals surface area contributed by atoms with Crippen LogP contribution in [0.15, 0.2) is 12.2 Å². The summed E-state index contributed by atoms with van der Waals surface area (Å²) in [6, 6.07) is -0.604. The van der Waals surface area contributed by atoms with Gasteiger partial charge in [0.2, 0.25) is 17.7 Å². The molecule has 3 amide bonds. The molecule has 102 valence electrons. The highest BCUT2D eigenvalue weighted by molar-refractivity contribution is 6.06. The molecule has 3 aliphatic rings. The standard InChI is InChI=1S/C14H18N2O3/c1-2-16(11-7-12(17)15-13(11)18)14(19)10-6-8-3-4-9(10)5-8/h3-4,8-11H,2,5-7H2,1H3,(H,15,17,18). The molecule has 1 saturated heterocycles. The minimum atomic E-state index is -0.604. The Morgan fingerprint density at radius 1 is 1.37 bits per heavy atom. The zero-order chi connectivity index (χ0) is 13.6. The number of hydrogen-bond donors (Lipinski definition) is 1. The maximum Gasteiger partial charge on any atom is 0.249 e. The van der Waals surface area contributed by atoms with Crippen LogP contribution in [0.5, 0.6) is 0 Å². The lowest BCUT2D eigenvalue weighted by atomic mass is 9.91. The fraction of sp³-hybridized carbons (Fsp3) is 0.643. The first-order valence-electron chi connectivity index (χ1n) is 6.92. The fourth-order valence-corrected chi connectivity index (χ4v) is 3.60. The summed E-state index contributed by atoms with van der Waals surface area (Å²) in [6.45, 7) is 2.33. The molecule has 19 heavy (non-hydrogen) atoms. The van der Waals surface area contributed by atoms with Gasteiger partial charge < -0.3 is 4.90 Å². The molecule has 3 rings (SSSR count). The number of fused-ring (bicyclic) bond motifs is 2. The molecule has 1 saturated carbocycles. The molecule has 0 radical (unpaired) electrons. The van der Waals surface area contributed by atoms with Crippen LogP contribution in [0.25, 0.3) is 0 Å². The summed E-state index contributed by atoms with van der Waals surface area (Å²) >= 11 is 0. The minimum Gasteiger partial charge on any atom is -0.330 e. The minimum absolute atomic E-state index is 0.00143. The number of hydrogen-bond acceptors (Lipinski definition) is 3. The number of nitrogens with zero attached hydrogens (tertiary/aromatic N) is 1. The van der Waals surface area contributed by atoms with Crippen LogP contribution < -0.4 is 5.32 Å². The molecule has 4 unspecified atom stereocenters. The smallest absolute Gasteiger partial charge is 0.249 e. The lowest BCUT2D eigenvalue weighted by Crippen LogP contribution is -2.47. The Labute approximate surface area is 112 Å². The second kappa shape index (κ2) is 4.47. The molecular formula is C14H18N2O3. The van der Waals surface area contributed by atoms with E-state index in [1.165, 1.54) is 0 Å². The summed E-state index contributed by atoms with van der Waals surface area (Å²) in [4.78, 5) is 37.2. The molecule has 5 nitrogen and oxygen atoms in total. The predicted molar refractivity (Wildman–Crippen MR) is 67.8 cm³/mol. The summed E-state index contributed by atoms with van der Waals surface area (Å²) in [5.74, 6) is 0.268. The molecule has 0 aromatic heterocycles. The Hall–Kier alpha value is -1.65. The summed E-state index contributed by atoms with van der Waals surface area (Å²) in [7, 11) is 0. The molecule has 2 fully saturated rings. The van der Waals surface area contributed by atoms with Crippen molar-refractivity contribution in [2.24, 2.45) is 17.8 Å². The van der Waals surface area contributed by atoms with Crippen LogP contribution in [0.2, 0.25) is 0 Å². The maximum atomic E-state index is 12.6. The number of carbonyl (C=O) groups is 3. The number of imide groups is 1. The molecule has 1 N–H and O–H groups in total. The van der Waals surface area contributed by atoms with E-state index in [2.05, 4.69) is 17.5 Å². The predicted octanol–water partition coefficient (Wildman–Crippen LogP) is 0.462. The van der Waals surface area contributed by atoms with Gasteiger partial charge in [0.15, 0.2) is 0 Å². The fourth-order valence-electron chi connectivity index (χ4n) is 3.60. The van der Waals surface area contributed by atoms with Crippen molar-refractivity contribution in [1.29, 1.82) is 0 Å². The van der Waals surface area contributed by atoms with Gasteiger partial charge in [-0.25, -0.2) is 0 Å². The average molecular weight is 262 g/mol. The highest BCUT2D eigenvalue weighted by Gasteiger charge is 2.45. The van der Waals surface area contributed by atoms with Gasteiger partial charge in [0, 0.05) is 12.5 Å². The first-order chi connectivity index (χ1) is 9.10. The zero-order valence-corrected chi connectivity index (χ0v) is 11.0. The van der Waals surface area contributed by atoms with Crippen molar-refractivity contribution in [2.45, 2.75) is 32.2 Å². The molecule has 0 aromatic rings. The largest absolute Gasteiger partial charge is 0.330 e. The van der Waals surface area contributed by atoms with Gasteiger partial charge >= 0.3 is 0 Å². The maximum absolute atomic E-state index is 12.6. The van der Waals surface area contributed by atoms with E-state index in [-0.39, 0.29) is 30.1 Å². The molecule has 2 bridgehead atoms. The lowest BCUT2D eigenvalue weighted by Gasteiger charge is -2.30. The van der Waals surface area contributed by atoms with Gasteiger partial charge in [-0.15, -0.1) is 0 Å².